The average Bonchev–Trinajstić information content (AvgIpc) is 2.75. The van der Waals surface area contributed by atoms with Crippen molar-refractivity contribution in [2.45, 2.75) is 123 Å². The quantitative estimate of drug-likeness (QED) is 0.0708. The zero-order valence-electron chi connectivity index (χ0n) is 26.3. The summed E-state index contributed by atoms with van der Waals surface area (Å²) in [5.41, 5.74) is -0.248. The van der Waals surface area contributed by atoms with Crippen molar-refractivity contribution in [3.63, 3.8) is 0 Å². The fourth-order valence-electron chi connectivity index (χ4n) is 5.14. The molecule has 0 aromatic heterocycles. The summed E-state index contributed by atoms with van der Waals surface area (Å²) in [7, 11) is -4.54. The molecule has 0 bridgehead atoms. The highest BCUT2D eigenvalue weighted by Crippen LogP contribution is 2.53. The number of amides is 1. The molecule has 0 saturated carbocycles. The zero-order valence-corrected chi connectivity index (χ0v) is 28.3. The van der Waals surface area contributed by atoms with Gasteiger partial charge >= 0.3 is 5.97 Å². The van der Waals surface area contributed by atoms with E-state index >= 15 is 0 Å². The zero-order chi connectivity index (χ0) is 31.1. The predicted octanol–water partition coefficient (Wildman–Crippen LogP) is 6.62. The van der Waals surface area contributed by atoms with Gasteiger partial charge in [-0.05, 0) is 54.7 Å². The molecule has 40 heavy (non-hydrogen) atoms. The molecule has 1 aromatic rings. The third-order valence-electron chi connectivity index (χ3n) is 9.26. The lowest BCUT2D eigenvalue weighted by Gasteiger charge is -2.66. The van der Waals surface area contributed by atoms with Gasteiger partial charge in [0.1, 0.15) is 18.8 Å². The number of nitro benzene ring substituents is 1. The molecule has 1 aliphatic heterocycles. The van der Waals surface area contributed by atoms with Crippen LogP contribution in [0.2, 0.25) is 36.3 Å². The normalized spacial score (nSPS) is 21.1. The molecule has 0 spiro atoms. The second-order valence-corrected chi connectivity index (χ2v) is 24.2. The van der Waals surface area contributed by atoms with Crippen molar-refractivity contribution in [1.29, 1.82) is 0 Å². The third-order valence-corrected chi connectivity index (χ3v) is 19.4. The Morgan fingerprint density at radius 1 is 1.05 bits per heavy atom. The largest absolute Gasteiger partial charge is 0.460 e. The number of ketones is 1. The summed E-state index contributed by atoms with van der Waals surface area (Å²) < 4.78 is 13.9. The number of non-ortho nitro benzene ring substituents is 1. The minimum atomic E-state index is -2.36. The molecule has 224 valence electrons. The highest BCUT2D eigenvalue weighted by atomic mass is 28.4. The van der Waals surface area contributed by atoms with E-state index in [1.165, 1.54) is 24.3 Å². The van der Waals surface area contributed by atoms with Gasteiger partial charge in [-0.15, -0.1) is 0 Å². The number of rotatable bonds is 11. The standard InChI is InChI=1S/C29H48N2O7Si2/c1-20(38-40(11,12)28(5,6)7)25-26(34)30(39(9,10)27(2,3)4)29(25,8)18-23(32)17-24(33)37-19-21-13-15-22(16-14-21)31(35)36/h13-16,20,25H,17-19H2,1-12H3/t20-,25+,29-/m1/s1. The summed E-state index contributed by atoms with van der Waals surface area (Å²) >= 11 is 0. The van der Waals surface area contributed by atoms with Crippen LogP contribution in [0.5, 0.6) is 0 Å². The molecular weight excluding hydrogens is 544 g/mol. The number of Topliss-reactive ketones (excluding diaryl/α,β-unsaturated/α-hetero) is 1. The number of esters is 1. The number of nitrogens with zero attached hydrogens (tertiary/aromatic N) is 2. The van der Waals surface area contributed by atoms with Gasteiger partial charge in [-0.1, -0.05) is 54.6 Å². The van der Waals surface area contributed by atoms with Gasteiger partial charge in [0.05, 0.1) is 22.5 Å². The summed E-state index contributed by atoms with van der Waals surface area (Å²) in [5.74, 6) is -1.43. The first-order valence-electron chi connectivity index (χ1n) is 13.9. The highest BCUT2D eigenvalue weighted by Gasteiger charge is 2.66. The number of hydrogen-bond donors (Lipinski definition) is 0. The number of hydrogen-bond acceptors (Lipinski definition) is 7. The van der Waals surface area contributed by atoms with Gasteiger partial charge < -0.3 is 13.7 Å². The molecule has 1 fully saturated rings. The number of benzene rings is 1. The smallest absolute Gasteiger partial charge is 0.313 e. The summed E-state index contributed by atoms with van der Waals surface area (Å²) in [5, 5.41) is 10.7. The molecule has 1 amide bonds. The van der Waals surface area contributed by atoms with Gasteiger partial charge in [-0.3, -0.25) is 24.5 Å². The van der Waals surface area contributed by atoms with E-state index in [9.17, 15) is 24.5 Å². The number of ether oxygens (including phenoxy) is 1. The van der Waals surface area contributed by atoms with Gasteiger partial charge in [-0.2, -0.15) is 0 Å². The molecule has 3 atom stereocenters. The molecule has 1 aliphatic rings. The fourth-order valence-corrected chi connectivity index (χ4v) is 9.41. The Kier molecular flexibility index (Phi) is 9.71. The Bertz CT molecular complexity index is 1140. The van der Waals surface area contributed by atoms with Crippen molar-refractivity contribution >= 4 is 39.9 Å². The molecule has 1 heterocycles. The summed E-state index contributed by atoms with van der Waals surface area (Å²) in [6.45, 7) is 25.3. The van der Waals surface area contributed by atoms with E-state index in [0.717, 1.165) is 0 Å². The SMILES string of the molecule is C[C@@H](O[Si](C)(C)C(C)(C)C)[C@H]1C(=O)N([Si](C)(C)C(C)(C)C)[C@]1(C)CC(=O)CC(=O)OCc1ccc([N+](=O)[O-])cc1. The maximum absolute atomic E-state index is 13.8. The Hall–Kier alpha value is -2.38. The van der Waals surface area contributed by atoms with Crippen molar-refractivity contribution in [1.82, 2.24) is 4.57 Å². The van der Waals surface area contributed by atoms with Gasteiger partial charge in [-0.25, -0.2) is 0 Å². The van der Waals surface area contributed by atoms with Crippen molar-refractivity contribution in [3.05, 3.63) is 39.9 Å². The Morgan fingerprint density at radius 3 is 2.02 bits per heavy atom. The second kappa shape index (κ2) is 11.5. The van der Waals surface area contributed by atoms with Gasteiger partial charge in [0.2, 0.25) is 5.91 Å². The van der Waals surface area contributed by atoms with Crippen LogP contribution in [0.1, 0.15) is 73.8 Å². The van der Waals surface area contributed by atoms with Crippen LogP contribution in [0, 0.1) is 16.0 Å². The third kappa shape index (κ3) is 6.91. The highest BCUT2D eigenvalue weighted by molar-refractivity contribution is 6.80. The molecule has 1 saturated heterocycles. The molecule has 9 nitrogen and oxygen atoms in total. The molecule has 0 unspecified atom stereocenters. The molecule has 0 aliphatic carbocycles. The lowest BCUT2D eigenvalue weighted by molar-refractivity contribution is -0.384. The van der Waals surface area contributed by atoms with E-state index in [2.05, 4.69) is 67.7 Å². The van der Waals surface area contributed by atoms with Crippen molar-refractivity contribution in [2.24, 2.45) is 5.92 Å². The van der Waals surface area contributed by atoms with Gasteiger partial charge in [0.15, 0.2) is 16.6 Å². The Balaban J connectivity index is 2.23. The van der Waals surface area contributed by atoms with E-state index in [-0.39, 0.29) is 46.6 Å². The van der Waals surface area contributed by atoms with Gasteiger partial charge in [0.25, 0.3) is 5.69 Å². The van der Waals surface area contributed by atoms with Crippen LogP contribution in [0.15, 0.2) is 24.3 Å². The van der Waals surface area contributed by atoms with Crippen LogP contribution >= 0.6 is 0 Å². The number of carbonyl (C=O) groups is 3. The minimum Gasteiger partial charge on any atom is -0.460 e. The molecule has 1 aromatic carbocycles. The van der Waals surface area contributed by atoms with Crippen molar-refractivity contribution in [3.8, 4) is 0 Å². The van der Waals surface area contributed by atoms with E-state index in [1.54, 1.807) is 0 Å². The number of nitro groups is 1. The van der Waals surface area contributed by atoms with Crippen LogP contribution < -0.4 is 0 Å². The molecule has 2 rings (SSSR count). The Morgan fingerprint density at radius 2 is 1.57 bits per heavy atom. The molecule has 11 heteroatoms. The Labute approximate surface area is 241 Å². The predicted molar refractivity (Wildman–Crippen MR) is 161 cm³/mol. The van der Waals surface area contributed by atoms with Crippen molar-refractivity contribution in [2.75, 3.05) is 0 Å². The number of β-lactam (4-membered cyclic amide) rings is 1. The summed E-state index contributed by atoms with van der Waals surface area (Å²) in [6.07, 6.45) is -0.749. The molecule has 0 N–H and O–H groups in total. The van der Waals surface area contributed by atoms with E-state index in [1.807, 2.05) is 18.4 Å². The van der Waals surface area contributed by atoms with Crippen molar-refractivity contribution < 1.29 is 28.5 Å². The van der Waals surface area contributed by atoms with Crippen LogP contribution in [0.25, 0.3) is 0 Å². The first-order valence-corrected chi connectivity index (χ1v) is 19.7. The van der Waals surface area contributed by atoms with Crippen LogP contribution in [-0.2, 0) is 30.2 Å². The molecular formula is C29H48N2O7Si2. The maximum Gasteiger partial charge on any atom is 0.313 e. The lowest BCUT2D eigenvalue weighted by Crippen LogP contribution is -2.81. The monoisotopic (exact) mass is 592 g/mol. The first-order chi connectivity index (χ1) is 18.0. The van der Waals surface area contributed by atoms with Crippen LogP contribution in [-0.4, -0.2) is 55.3 Å². The fraction of sp³-hybridized carbons (Fsp3) is 0.690. The van der Waals surface area contributed by atoms with Crippen LogP contribution in [0.3, 0.4) is 0 Å². The van der Waals surface area contributed by atoms with E-state index in [4.69, 9.17) is 9.16 Å². The molecule has 0 radical (unpaired) electrons. The lowest BCUT2D eigenvalue weighted by atomic mass is 9.71. The first kappa shape index (κ1) is 33.8. The average molecular weight is 593 g/mol. The maximum atomic E-state index is 13.8. The summed E-state index contributed by atoms with van der Waals surface area (Å²) in [6, 6.07) is 5.70. The van der Waals surface area contributed by atoms with E-state index in [0.29, 0.717) is 5.56 Å². The van der Waals surface area contributed by atoms with E-state index < -0.39 is 45.3 Å². The number of carbonyl (C=O) groups excluding carboxylic acids is 3. The minimum absolute atomic E-state index is 0.0221. The second-order valence-electron chi connectivity index (χ2n) is 14.4. The van der Waals surface area contributed by atoms with Gasteiger partial charge in [0, 0.05) is 18.6 Å². The topological polar surface area (TPSA) is 116 Å². The van der Waals surface area contributed by atoms with Crippen LogP contribution in [0.4, 0.5) is 5.69 Å². The summed E-state index contributed by atoms with van der Waals surface area (Å²) in [4.78, 5) is 50.0.